The zero-order chi connectivity index (χ0) is 19.8. The van der Waals surface area contributed by atoms with E-state index in [2.05, 4.69) is 43.0 Å². The first kappa shape index (κ1) is 18.6. The molecule has 0 amide bonds. The highest BCUT2D eigenvalue weighted by atomic mass is 32.1. The molecule has 3 aromatic heterocycles. The van der Waals surface area contributed by atoms with Crippen LogP contribution in [0, 0.1) is 5.92 Å². The van der Waals surface area contributed by atoms with E-state index in [0.717, 1.165) is 27.8 Å². The van der Waals surface area contributed by atoms with Crippen molar-refractivity contribution >= 4 is 27.2 Å². The molecule has 0 aliphatic heterocycles. The Labute approximate surface area is 168 Å². The van der Waals surface area contributed by atoms with E-state index in [1.165, 1.54) is 10.1 Å². The molecule has 0 N–H and O–H groups in total. The number of fused-ring (bicyclic) bond motifs is 3. The Kier molecular flexibility index (Phi) is 4.89. The fourth-order valence-corrected chi connectivity index (χ4v) is 4.60. The molecule has 28 heavy (non-hydrogen) atoms. The van der Waals surface area contributed by atoms with Gasteiger partial charge in [-0.1, -0.05) is 56.3 Å². The van der Waals surface area contributed by atoms with Crippen molar-refractivity contribution in [2.45, 2.75) is 40.2 Å². The average molecular weight is 393 g/mol. The van der Waals surface area contributed by atoms with Gasteiger partial charge in [0.15, 0.2) is 11.5 Å². The molecule has 144 valence electrons. The Morgan fingerprint density at radius 2 is 2.00 bits per heavy atom. The Balaban J connectivity index is 1.95. The van der Waals surface area contributed by atoms with Crippen LogP contribution in [0.1, 0.15) is 37.7 Å². The molecule has 3 heterocycles. The van der Waals surface area contributed by atoms with Gasteiger partial charge in [-0.2, -0.15) is 4.52 Å². The molecule has 0 saturated carbocycles. The fourth-order valence-electron chi connectivity index (χ4n) is 3.52. The van der Waals surface area contributed by atoms with Crippen LogP contribution in [0.3, 0.4) is 0 Å². The van der Waals surface area contributed by atoms with Crippen LogP contribution < -0.4 is 5.69 Å². The quantitative estimate of drug-likeness (QED) is 0.455. The Morgan fingerprint density at radius 3 is 2.68 bits per heavy atom. The van der Waals surface area contributed by atoms with Crippen molar-refractivity contribution in [2.75, 3.05) is 0 Å². The molecule has 0 aliphatic rings. The molecule has 0 unspecified atom stereocenters. The molecule has 0 atom stereocenters. The van der Waals surface area contributed by atoms with Crippen LogP contribution >= 0.6 is 11.3 Å². The van der Waals surface area contributed by atoms with Gasteiger partial charge < -0.3 is 0 Å². The van der Waals surface area contributed by atoms with E-state index in [0.29, 0.717) is 30.4 Å². The Bertz CT molecular complexity index is 1210. The second-order valence-corrected chi connectivity index (χ2v) is 8.65. The third-order valence-corrected chi connectivity index (χ3v) is 5.69. The first-order valence-corrected chi connectivity index (χ1v) is 10.4. The van der Waals surface area contributed by atoms with Crippen molar-refractivity contribution in [3.05, 3.63) is 75.3 Å². The van der Waals surface area contributed by atoms with Gasteiger partial charge in [0.25, 0.3) is 0 Å². The molecule has 4 rings (SSSR count). The molecule has 6 heteroatoms. The largest absolute Gasteiger partial charge is 0.352 e. The van der Waals surface area contributed by atoms with E-state index in [1.54, 1.807) is 15.9 Å². The predicted molar refractivity (Wildman–Crippen MR) is 115 cm³/mol. The van der Waals surface area contributed by atoms with Gasteiger partial charge in [-0.25, -0.2) is 9.78 Å². The van der Waals surface area contributed by atoms with Gasteiger partial charge in [0.1, 0.15) is 4.83 Å². The van der Waals surface area contributed by atoms with Crippen molar-refractivity contribution < 1.29 is 0 Å². The zero-order valence-electron chi connectivity index (χ0n) is 16.5. The molecule has 0 saturated heterocycles. The predicted octanol–water partition coefficient (Wildman–Crippen LogP) is 4.47. The standard InChI is InChI=1S/C22H24N4OS/c1-14(2)10-17-13-28-21-19(17)20-23-18(11-16-8-6-5-7-9-16)24-26(20)22(27)25(21)12-15(3)4/h5-9,13-14H,3,10-12H2,1-2,4H3. The second kappa shape index (κ2) is 7.36. The van der Waals surface area contributed by atoms with Gasteiger partial charge >= 0.3 is 5.69 Å². The molecule has 0 bridgehead atoms. The molecule has 5 nitrogen and oxygen atoms in total. The lowest BCUT2D eigenvalue weighted by Gasteiger charge is -2.09. The van der Waals surface area contributed by atoms with Crippen LogP contribution in [0.2, 0.25) is 0 Å². The van der Waals surface area contributed by atoms with Crippen molar-refractivity contribution in [1.82, 2.24) is 19.2 Å². The summed E-state index contributed by atoms with van der Waals surface area (Å²) < 4.78 is 3.25. The van der Waals surface area contributed by atoms with E-state index in [-0.39, 0.29) is 5.69 Å². The number of benzene rings is 1. The summed E-state index contributed by atoms with van der Waals surface area (Å²) in [6, 6.07) is 10.1. The summed E-state index contributed by atoms with van der Waals surface area (Å²) in [6.45, 7) is 10.8. The lowest BCUT2D eigenvalue weighted by Crippen LogP contribution is -2.28. The van der Waals surface area contributed by atoms with Crippen molar-refractivity contribution in [1.29, 1.82) is 0 Å². The van der Waals surface area contributed by atoms with E-state index in [1.807, 2.05) is 25.1 Å². The lowest BCUT2D eigenvalue weighted by atomic mass is 10.0. The Hall–Kier alpha value is -2.73. The van der Waals surface area contributed by atoms with Gasteiger partial charge in [0.05, 0.1) is 5.39 Å². The molecule has 0 fully saturated rings. The molecule has 4 aromatic rings. The minimum absolute atomic E-state index is 0.157. The van der Waals surface area contributed by atoms with Crippen LogP contribution in [-0.4, -0.2) is 19.2 Å². The highest BCUT2D eigenvalue weighted by molar-refractivity contribution is 7.17. The van der Waals surface area contributed by atoms with Crippen molar-refractivity contribution in [2.24, 2.45) is 5.92 Å². The first-order valence-electron chi connectivity index (χ1n) is 9.51. The highest BCUT2D eigenvalue weighted by Gasteiger charge is 2.20. The number of hydrogen-bond acceptors (Lipinski definition) is 4. The zero-order valence-corrected chi connectivity index (χ0v) is 17.3. The average Bonchev–Trinajstić information content (AvgIpc) is 3.23. The normalized spacial score (nSPS) is 11.7. The SMILES string of the molecule is C=C(C)Cn1c(=O)n2nc(Cc3ccccc3)nc2c2c(CC(C)C)csc21. The van der Waals surface area contributed by atoms with Gasteiger partial charge in [0, 0.05) is 13.0 Å². The number of thiophene rings is 1. The highest BCUT2D eigenvalue weighted by Crippen LogP contribution is 2.30. The summed E-state index contributed by atoms with van der Waals surface area (Å²) in [7, 11) is 0. The summed E-state index contributed by atoms with van der Waals surface area (Å²) in [5.74, 6) is 1.19. The van der Waals surface area contributed by atoms with Gasteiger partial charge in [-0.15, -0.1) is 16.4 Å². The van der Waals surface area contributed by atoms with Gasteiger partial charge in [-0.05, 0) is 35.8 Å². The molecule has 0 aliphatic carbocycles. The molecule has 0 spiro atoms. The van der Waals surface area contributed by atoms with E-state index in [4.69, 9.17) is 4.98 Å². The number of nitrogens with zero attached hydrogens (tertiary/aromatic N) is 4. The van der Waals surface area contributed by atoms with E-state index < -0.39 is 0 Å². The summed E-state index contributed by atoms with van der Waals surface area (Å²) >= 11 is 1.61. The van der Waals surface area contributed by atoms with Crippen LogP contribution in [0.4, 0.5) is 0 Å². The van der Waals surface area contributed by atoms with Crippen LogP contribution in [0.5, 0.6) is 0 Å². The topological polar surface area (TPSA) is 52.2 Å². The lowest BCUT2D eigenvalue weighted by molar-refractivity contribution is 0.650. The third kappa shape index (κ3) is 3.40. The monoisotopic (exact) mass is 392 g/mol. The maximum atomic E-state index is 13.2. The number of aromatic nitrogens is 4. The second-order valence-electron chi connectivity index (χ2n) is 7.79. The summed E-state index contributed by atoms with van der Waals surface area (Å²) in [6.07, 6.45) is 1.55. The fraction of sp³-hybridized carbons (Fsp3) is 0.318. The summed E-state index contributed by atoms with van der Waals surface area (Å²) in [4.78, 5) is 18.9. The Morgan fingerprint density at radius 1 is 1.25 bits per heavy atom. The molecular formula is C22H24N4OS. The van der Waals surface area contributed by atoms with Crippen LogP contribution in [0.25, 0.3) is 15.9 Å². The number of allylic oxidation sites excluding steroid dienone is 1. The summed E-state index contributed by atoms with van der Waals surface area (Å²) in [5, 5.41) is 7.78. The van der Waals surface area contributed by atoms with E-state index in [9.17, 15) is 4.79 Å². The molecule has 1 aromatic carbocycles. The smallest absolute Gasteiger partial charge is 0.279 e. The molecular weight excluding hydrogens is 368 g/mol. The minimum atomic E-state index is -0.157. The third-order valence-electron chi connectivity index (χ3n) is 4.64. The summed E-state index contributed by atoms with van der Waals surface area (Å²) in [5.41, 5.74) is 3.81. The number of hydrogen-bond donors (Lipinski definition) is 0. The maximum Gasteiger partial charge on any atom is 0.352 e. The molecule has 0 radical (unpaired) electrons. The van der Waals surface area contributed by atoms with Crippen molar-refractivity contribution in [3.63, 3.8) is 0 Å². The minimum Gasteiger partial charge on any atom is -0.279 e. The van der Waals surface area contributed by atoms with Gasteiger partial charge in [-0.3, -0.25) is 4.57 Å². The van der Waals surface area contributed by atoms with Crippen LogP contribution in [0.15, 0.2) is 52.7 Å². The van der Waals surface area contributed by atoms with E-state index >= 15 is 0 Å². The maximum absolute atomic E-state index is 13.2. The first-order chi connectivity index (χ1) is 13.4. The van der Waals surface area contributed by atoms with Crippen LogP contribution in [-0.2, 0) is 19.4 Å². The number of rotatable bonds is 6. The van der Waals surface area contributed by atoms with Gasteiger partial charge in [0.2, 0.25) is 0 Å². The van der Waals surface area contributed by atoms with Crippen molar-refractivity contribution in [3.8, 4) is 0 Å².